The fraction of sp³-hybridized carbons (Fsp3) is 0.188. The molecule has 2 rings (SSSR count). The average Bonchev–Trinajstić information content (AvgIpc) is 2.51. The molecule has 0 aliphatic rings. The molecule has 0 heterocycles. The number of alkyl halides is 6. The summed E-state index contributed by atoms with van der Waals surface area (Å²) in [6, 6.07) is 6.39. The minimum Gasteiger partial charge on any atom is -0.488 e. The molecule has 0 saturated heterocycles. The van der Waals surface area contributed by atoms with E-state index in [1.807, 2.05) is 0 Å². The third kappa shape index (κ3) is 4.65. The third-order valence-electron chi connectivity index (χ3n) is 3.25. The maximum Gasteiger partial charge on any atom is 0.419 e. The summed E-state index contributed by atoms with van der Waals surface area (Å²) >= 11 is 0. The van der Waals surface area contributed by atoms with Crippen LogP contribution in [0.3, 0.4) is 0 Å². The van der Waals surface area contributed by atoms with Gasteiger partial charge in [0.1, 0.15) is 12.4 Å². The second-order valence-corrected chi connectivity index (χ2v) is 5.06. The third-order valence-corrected chi connectivity index (χ3v) is 3.25. The van der Waals surface area contributed by atoms with Gasteiger partial charge in [-0.2, -0.15) is 26.3 Å². The van der Waals surface area contributed by atoms with Gasteiger partial charge in [-0.05, 0) is 35.9 Å². The fourth-order valence-corrected chi connectivity index (χ4v) is 1.98. The molecule has 25 heavy (non-hydrogen) atoms. The van der Waals surface area contributed by atoms with Gasteiger partial charge in [0, 0.05) is 5.56 Å². The summed E-state index contributed by atoms with van der Waals surface area (Å²) in [5.74, 6) is -1.59. The van der Waals surface area contributed by atoms with Gasteiger partial charge in [0.25, 0.3) is 0 Å². The zero-order valence-electron chi connectivity index (χ0n) is 12.4. The molecule has 0 aromatic heterocycles. The number of halogens is 6. The molecule has 1 amide bonds. The average molecular weight is 363 g/mol. The second kappa shape index (κ2) is 6.66. The number of carbonyl (C=O) groups is 1. The van der Waals surface area contributed by atoms with Crippen molar-refractivity contribution in [2.75, 3.05) is 0 Å². The number of hydrogen-bond donors (Lipinski definition) is 1. The van der Waals surface area contributed by atoms with Crippen LogP contribution in [-0.4, -0.2) is 5.91 Å². The van der Waals surface area contributed by atoms with Crippen molar-refractivity contribution >= 4 is 5.91 Å². The van der Waals surface area contributed by atoms with Crippen molar-refractivity contribution < 1.29 is 35.9 Å². The zero-order valence-corrected chi connectivity index (χ0v) is 12.4. The quantitative estimate of drug-likeness (QED) is 0.819. The molecule has 9 heteroatoms. The number of amides is 1. The van der Waals surface area contributed by atoms with Crippen molar-refractivity contribution in [3.8, 4) is 5.75 Å². The number of ether oxygens (including phenoxy) is 1. The molecule has 2 N–H and O–H groups in total. The molecular formula is C16H11F6NO2. The van der Waals surface area contributed by atoms with Crippen LogP contribution in [0, 0.1) is 0 Å². The van der Waals surface area contributed by atoms with Crippen LogP contribution in [0.5, 0.6) is 5.75 Å². The van der Waals surface area contributed by atoms with Crippen LogP contribution in [0.4, 0.5) is 26.3 Å². The van der Waals surface area contributed by atoms with E-state index in [0.29, 0.717) is 6.07 Å². The van der Waals surface area contributed by atoms with Crippen LogP contribution in [-0.2, 0) is 19.0 Å². The molecule has 0 aliphatic heterocycles. The van der Waals surface area contributed by atoms with Gasteiger partial charge < -0.3 is 10.5 Å². The Balaban J connectivity index is 2.21. The van der Waals surface area contributed by atoms with Gasteiger partial charge in [0.2, 0.25) is 5.91 Å². The maximum absolute atomic E-state index is 13.0. The first kappa shape index (κ1) is 18.6. The van der Waals surface area contributed by atoms with Crippen LogP contribution < -0.4 is 10.5 Å². The Bertz CT molecular complexity index is 766. The Hall–Kier alpha value is -2.71. The van der Waals surface area contributed by atoms with Gasteiger partial charge in [-0.25, -0.2) is 0 Å². The number of nitrogens with two attached hydrogens (primary N) is 1. The van der Waals surface area contributed by atoms with Crippen molar-refractivity contribution in [1.82, 2.24) is 0 Å². The summed E-state index contributed by atoms with van der Waals surface area (Å²) in [4.78, 5) is 11.0. The first-order chi connectivity index (χ1) is 11.5. The van der Waals surface area contributed by atoms with E-state index in [0.717, 1.165) is 36.4 Å². The summed E-state index contributed by atoms with van der Waals surface area (Å²) in [6.45, 7) is -0.378. The van der Waals surface area contributed by atoms with Gasteiger partial charge in [-0.15, -0.1) is 0 Å². The van der Waals surface area contributed by atoms with E-state index in [4.69, 9.17) is 10.5 Å². The van der Waals surface area contributed by atoms with Gasteiger partial charge in [0.15, 0.2) is 0 Å². The lowest BCUT2D eigenvalue weighted by Gasteiger charge is -2.15. The van der Waals surface area contributed by atoms with Crippen molar-refractivity contribution in [1.29, 1.82) is 0 Å². The first-order valence-electron chi connectivity index (χ1n) is 6.78. The predicted molar refractivity (Wildman–Crippen MR) is 75.7 cm³/mol. The van der Waals surface area contributed by atoms with Gasteiger partial charge in [-0.3, -0.25) is 4.79 Å². The molecule has 134 valence electrons. The lowest BCUT2D eigenvalue weighted by molar-refractivity contribution is -0.139. The highest BCUT2D eigenvalue weighted by atomic mass is 19.4. The number of benzene rings is 2. The number of carbonyl (C=O) groups excluding carboxylic acids is 1. The van der Waals surface area contributed by atoms with E-state index in [-0.39, 0.29) is 17.7 Å². The van der Waals surface area contributed by atoms with E-state index in [9.17, 15) is 31.1 Å². The van der Waals surface area contributed by atoms with Crippen molar-refractivity contribution in [3.63, 3.8) is 0 Å². The summed E-state index contributed by atoms with van der Waals surface area (Å²) in [5, 5.41) is 0. The van der Waals surface area contributed by atoms with Crippen LogP contribution in [0.15, 0.2) is 42.5 Å². The van der Waals surface area contributed by atoms with Crippen molar-refractivity contribution in [3.05, 3.63) is 64.7 Å². The molecule has 0 bridgehead atoms. The predicted octanol–water partition coefficient (Wildman–Crippen LogP) is 4.40. The summed E-state index contributed by atoms with van der Waals surface area (Å²) in [5.41, 5.74) is 2.79. The van der Waals surface area contributed by atoms with E-state index >= 15 is 0 Å². The van der Waals surface area contributed by atoms with Crippen LogP contribution in [0.1, 0.15) is 27.0 Å². The topological polar surface area (TPSA) is 52.3 Å². The Kier molecular flexibility index (Phi) is 4.96. The van der Waals surface area contributed by atoms with Crippen LogP contribution in [0.25, 0.3) is 0 Å². The smallest absolute Gasteiger partial charge is 0.419 e. The molecule has 2 aromatic carbocycles. The standard InChI is InChI=1S/C16H11F6NO2/c17-15(18,19)11-4-1-9(2-5-11)8-25-13-6-3-10(14(23)24)7-12(13)16(20,21)22/h1-7H,8H2,(H2,23,24). The first-order valence-corrected chi connectivity index (χ1v) is 6.78. The minimum atomic E-state index is -4.79. The molecular weight excluding hydrogens is 352 g/mol. The summed E-state index contributed by atoms with van der Waals surface area (Å²) < 4.78 is 81.6. The number of rotatable bonds is 4. The molecule has 0 spiro atoms. The molecule has 0 radical (unpaired) electrons. The summed E-state index contributed by atoms with van der Waals surface area (Å²) in [6.07, 6.45) is -9.30. The Morgan fingerprint density at radius 3 is 2.00 bits per heavy atom. The fourth-order valence-electron chi connectivity index (χ4n) is 1.98. The van der Waals surface area contributed by atoms with Gasteiger partial charge in [-0.1, -0.05) is 12.1 Å². The SMILES string of the molecule is NC(=O)c1ccc(OCc2ccc(C(F)(F)F)cc2)c(C(F)(F)F)c1. The van der Waals surface area contributed by atoms with E-state index in [2.05, 4.69) is 0 Å². The Morgan fingerprint density at radius 1 is 0.920 bits per heavy atom. The number of primary amides is 1. The lowest BCUT2D eigenvalue weighted by Crippen LogP contribution is -2.15. The molecule has 2 aromatic rings. The Labute approximate surface area is 138 Å². The largest absolute Gasteiger partial charge is 0.488 e. The molecule has 0 saturated carbocycles. The molecule has 3 nitrogen and oxygen atoms in total. The Morgan fingerprint density at radius 2 is 1.52 bits per heavy atom. The maximum atomic E-state index is 13.0. The molecule has 0 atom stereocenters. The lowest BCUT2D eigenvalue weighted by atomic mass is 10.1. The van der Waals surface area contributed by atoms with Crippen LogP contribution in [0.2, 0.25) is 0 Å². The number of hydrogen-bond acceptors (Lipinski definition) is 2. The van der Waals surface area contributed by atoms with E-state index in [1.165, 1.54) is 0 Å². The summed E-state index contributed by atoms with van der Waals surface area (Å²) in [7, 11) is 0. The second-order valence-electron chi connectivity index (χ2n) is 5.06. The van der Waals surface area contributed by atoms with Gasteiger partial charge >= 0.3 is 12.4 Å². The highest BCUT2D eigenvalue weighted by Gasteiger charge is 2.35. The van der Waals surface area contributed by atoms with Gasteiger partial charge in [0.05, 0.1) is 11.1 Å². The molecule has 0 fully saturated rings. The zero-order chi connectivity index (χ0) is 18.8. The van der Waals surface area contributed by atoms with E-state index in [1.54, 1.807) is 0 Å². The molecule has 0 unspecified atom stereocenters. The van der Waals surface area contributed by atoms with Crippen molar-refractivity contribution in [2.45, 2.75) is 19.0 Å². The van der Waals surface area contributed by atoms with Crippen LogP contribution >= 0.6 is 0 Å². The highest BCUT2D eigenvalue weighted by molar-refractivity contribution is 5.93. The minimum absolute atomic E-state index is 0.250. The monoisotopic (exact) mass is 363 g/mol. The highest BCUT2D eigenvalue weighted by Crippen LogP contribution is 2.37. The normalized spacial score (nSPS) is 12.1. The van der Waals surface area contributed by atoms with Crippen molar-refractivity contribution in [2.24, 2.45) is 5.73 Å². The van der Waals surface area contributed by atoms with E-state index < -0.39 is 35.1 Å². The molecule has 0 aliphatic carbocycles.